The summed E-state index contributed by atoms with van der Waals surface area (Å²) in [7, 11) is 0. The maximum Gasteiger partial charge on any atom is 0.439 e. The lowest BCUT2D eigenvalue weighted by atomic mass is 9.83. The number of hydrogen-bond donors (Lipinski definition) is 3. The lowest BCUT2D eigenvalue weighted by Crippen LogP contribution is -2.20. The minimum absolute atomic E-state index is 0.0150. The first-order chi connectivity index (χ1) is 16.5. The van der Waals surface area contributed by atoms with Gasteiger partial charge in [0.15, 0.2) is 0 Å². The number of imidazole rings is 1. The number of rotatable bonds is 7. The molecule has 11 heteroatoms. The molecule has 34 heavy (non-hydrogen) atoms. The van der Waals surface area contributed by atoms with Gasteiger partial charge in [0.25, 0.3) is 0 Å². The Kier molecular flexibility index (Phi) is 6.34. The molecule has 0 bridgehead atoms. The number of aromatic nitrogens is 6. The van der Waals surface area contributed by atoms with Crippen LogP contribution in [0.1, 0.15) is 32.6 Å². The largest absolute Gasteiger partial charge is 0.439 e. The Labute approximate surface area is 200 Å². The molecule has 0 unspecified atom stereocenters. The maximum absolute atomic E-state index is 11.6. The summed E-state index contributed by atoms with van der Waals surface area (Å²) in [5.74, 6) is 1.48. The van der Waals surface area contributed by atoms with E-state index in [1.165, 1.54) is 12.8 Å². The summed E-state index contributed by atoms with van der Waals surface area (Å²) in [5, 5.41) is 16.9. The van der Waals surface area contributed by atoms with Crippen LogP contribution in [-0.2, 0) is 6.54 Å². The zero-order valence-electron chi connectivity index (χ0n) is 18.8. The Bertz CT molecular complexity index is 1350. The fourth-order valence-corrected chi connectivity index (χ4v) is 4.78. The van der Waals surface area contributed by atoms with E-state index in [2.05, 4.69) is 36.5 Å². The van der Waals surface area contributed by atoms with Crippen molar-refractivity contribution in [2.45, 2.75) is 39.2 Å². The van der Waals surface area contributed by atoms with Crippen LogP contribution in [-0.4, -0.2) is 47.9 Å². The number of nitrogens with one attached hydrogen (secondary N) is 2. The molecule has 0 amide bonds. The predicted octanol–water partition coefficient (Wildman–Crippen LogP) is 3.72. The van der Waals surface area contributed by atoms with Crippen molar-refractivity contribution in [2.75, 3.05) is 18.5 Å². The summed E-state index contributed by atoms with van der Waals surface area (Å²) >= 11 is 6.26. The Hall–Kier alpha value is -3.24. The zero-order valence-corrected chi connectivity index (χ0v) is 19.5. The van der Waals surface area contributed by atoms with Gasteiger partial charge in [0, 0.05) is 31.0 Å². The molecule has 0 aromatic carbocycles. The first-order valence-corrected chi connectivity index (χ1v) is 11.8. The molecular formula is C23H26ClN7O3. The number of halogens is 1. The Morgan fingerprint density at radius 3 is 2.76 bits per heavy atom. The molecule has 0 spiro atoms. The zero-order chi connectivity index (χ0) is 23.7. The highest BCUT2D eigenvalue weighted by molar-refractivity contribution is 6.30. The Morgan fingerprint density at radius 1 is 1.24 bits per heavy atom. The van der Waals surface area contributed by atoms with Crippen LogP contribution in [0.5, 0.6) is 0 Å². The van der Waals surface area contributed by atoms with Crippen LogP contribution in [0.4, 0.5) is 5.95 Å². The second-order valence-electron chi connectivity index (χ2n) is 8.88. The number of hydrogen-bond acceptors (Lipinski definition) is 8. The summed E-state index contributed by atoms with van der Waals surface area (Å²) in [6, 6.07) is 3.57. The Balaban J connectivity index is 1.70. The predicted molar refractivity (Wildman–Crippen MR) is 129 cm³/mol. The van der Waals surface area contributed by atoms with Crippen LogP contribution in [0.25, 0.3) is 33.8 Å². The van der Waals surface area contributed by atoms with Crippen molar-refractivity contribution < 1.29 is 9.63 Å². The van der Waals surface area contributed by atoms with E-state index in [-0.39, 0.29) is 12.4 Å². The summed E-state index contributed by atoms with van der Waals surface area (Å²) in [6.45, 7) is 3.44. The van der Waals surface area contributed by atoms with Crippen molar-refractivity contribution in [3.05, 3.63) is 40.1 Å². The van der Waals surface area contributed by atoms with Gasteiger partial charge in [-0.25, -0.2) is 14.8 Å². The van der Waals surface area contributed by atoms with E-state index in [0.29, 0.717) is 40.3 Å². The monoisotopic (exact) mass is 483 g/mol. The third-order valence-corrected chi connectivity index (χ3v) is 6.56. The van der Waals surface area contributed by atoms with Crippen LogP contribution in [0.15, 0.2) is 33.8 Å². The highest BCUT2D eigenvalue weighted by Gasteiger charge is 2.24. The van der Waals surface area contributed by atoms with Crippen LogP contribution >= 0.6 is 11.6 Å². The fourth-order valence-electron chi connectivity index (χ4n) is 4.61. The van der Waals surface area contributed by atoms with E-state index in [9.17, 15) is 9.90 Å². The molecule has 1 aliphatic rings. The average Bonchev–Trinajstić information content (AvgIpc) is 3.42. The van der Waals surface area contributed by atoms with Gasteiger partial charge in [-0.3, -0.25) is 14.5 Å². The van der Waals surface area contributed by atoms with Gasteiger partial charge < -0.3 is 15.0 Å². The minimum Gasteiger partial charge on any atom is -0.395 e. The molecule has 4 heterocycles. The van der Waals surface area contributed by atoms with E-state index in [4.69, 9.17) is 21.6 Å². The maximum atomic E-state index is 11.6. The third-order valence-electron chi connectivity index (χ3n) is 6.36. The summed E-state index contributed by atoms with van der Waals surface area (Å²) in [6.07, 6.45) is 7.99. The molecule has 0 atom stereocenters. The van der Waals surface area contributed by atoms with Crippen molar-refractivity contribution in [1.29, 1.82) is 0 Å². The van der Waals surface area contributed by atoms with Crippen molar-refractivity contribution in [3.8, 4) is 22.8 Å². The smallest absolute Gasteiger partial charge is 0.395 e. The summed E-state index contributed by atoms with van der Waals surface area (Å²) in [4.78, 5) is 28.0. The quantitative estimate of drug-likeness (QED) is 0.362. The number of fused-ring (bicyclic) bond motifs is 1. The second kappa shape index (κ2) is 9.55. The van der Waals surface area contributed by atoms with Gasteiger partial charge in [0.05, 0.1) is 28.4 Å². The molecule has 1 fully saturated rings. The molecule has 1 saturated carbocycles. The Morgan fingerprint density at radius 2 is 2.06 bits per heavy atom. The number of aliphatic hydroxyl groups excluding tert-OH is 1. The molecule has 10 nitrogen and oxygen atoms in total. The first-order valence-electron chi connectivity index (χ1n) is 11.4. The van der Waals surface area contributed by atoms with E-state index < -0.39 is 5.76 Å². The van der Waals surface area contributed by atoms with Crippen LogP contribution in [0.2, 0.25) is 5.02 Å². The fraction of sp³-hybridized carbons (Fsp3) is 0.435. The van der Waals surface area contributed by atoms with Gasteiger partial charge >= 0.3 is 5.76 Å². The number of anilines is 1. The molecule has 1 aliphatic carbocycles. The van der Waals surface area contributed by atoms with Gasteiger partial charge in [-0.15, -0.1) is 0 Å². The summed E-state index contributed by atoms with van der Waals surface area (Å²) < 4.78 is 6.83. The number of H-pyrrole nitrogens is 1. The van der Waals surface area contributed by atoms with E-state index in [1.807, 2.05) is 0 Å². The molecule has 0 radical (unpaired) electrons. The minimum atomic E-state index is -0.662. The average molecular weight is 484 g/mol. The van der Waals surface area contributed by atoms with Crippen molar-refractivity contribution in [2.24, 2.45) is 11.8 Å². The molecule has 178 valence electrons. The third kappa shape index (κ3) is 4.55. The number of aromatic amines is 1. The van der Waals surface area contributed by atoms with Gasteiger partial charge in [0.1, 0.15) is 5.69 Å². The highest BCUT2D eigenvalue weighted by Crippen LogP contribution is 2.36. The van der Waals surface area contributed by atoms with Gasteiger partial charge in [-0.1, -0.05) is 36.5 Å². The van der Waals surface area contributed by atoms with Gasteiger partial charge in [-0.05, 0) is 36.8 Å². The SMILES string of the molecule is CC1CCC(Cn2c(NCCO)nc3cc(-c4noc(=O)[nH]4)nc(-c4cncc(Cl)c4)c32)CC1. The standard InChI is InChI=1S/C23H26ClN7O3/c1-13-2-4-14(5-3-13)12-31-20-17(28-22(31)26-6-7-32)9-18(21-29-23(33)34-30-21)27-19(20)15-8-16(24)11-25-10-15/h8-11,13-14,32H,2-7,12H2,1H3,(H,26,28)(H,29,30,33). The molecule has 5 rings (SSSR count). The second-order valence-corrected chi connectivity index (χ2v) is 9.32. The number of nitrogens with zero attached hydrogens (tertiary/aromatic N) is 5. The summed E-state index contributed by atoms with van der Waals surface area (Å²) in [5.41, 5.74) is 3.27. The van der Waals surface area contributed by atoms with Gasteiger partial charge in [0.2, 0.25) is 11.8 Å². The molecule has 3 N–H and O–H groups in total. The molecule has 4 aromatic rings. The van der Waals surface area contributed by atoms with E-state index >= 15 is 0 Å². The molecular weight excluding hydrogens is 458 g/mol. The number of aliphatic hydroxyl groups is 1. The van der Waals surface area contributed by atoms with Crippen LogP contribution in [0, 0.1) is 11.8 Å². The van der Waals surface area contributed by atoms with Crippen molar-refractivity contribution in [1.82, 2.24) is 29.7 Å². The van der Waals surface area contributed by atoms with Crippen LogP contribution < -0.4 is 11.1 Å². The lowest BCUT2D eigenvalue weighted by molar-refractivity contribution is 0.267. The topological polar surface area (TPSA) is 135 Å². The van der Waals surface area contributed by atoms with Crippen LogP contribution in [0.3, 0.4) is 0 Å². The first kappa shape index (κ1) is 22.5. The van der Waals surface area contributed by atoms with Crippen molar-refractivity contribution >= 4 is 28.6 Å². The number of pyridine rings is 2. The van der Waals surface area contributed by atoms with Gasteiger partial charge in [-0.2, -0.15) is 0 Å². The van der Waals surface area contributed by atoms with E-state index in [0.717, 1.165) is 36.4 Å². The lowest BCUT2D eigenvalue weighted by Gasteiger charge is -2.27. The van der Waals surface area contributed by atoms with E-state index in [1.54, 1.807) is 24.5 Å². The molecule has 0 saturated heterocycles. The normalized spacial score (nSPS) is 18.4. The molecule has 0 aliphatic heterocycles. The van der Waals surface area contributed by atoms with Crippen molar-refractivity contribution in [3.63, 3.8) is 0 Å². The molecule has 4 aromatic heterocycles. The highest BCUT2D eigenvalue weighted by atomic mass is 35.5.